The van der Waals surface area contributed by atoms with Crippen LogP contribution >= 0.6 is 0 Å². The molecule has 1 saturated heterocycles. The highest BCUT2D eigenvalue weighted by atomic mass is 16.4. The van der Waals surface area contributed by atoms with E-state index >= 15 is 0 Å². The summed E-state index contributed by atoms with van der Waals surface area (Å²) in [5.41, 5.74) is 0.998. The van der Waals surface area contributed by atoms with Crippen LogP contribution in [0.25, 0.3) is 0 Å². The molecule has 1 atom stereocenters. The Morgan fingerprint density at radius 3 is 2.57 bits per heavy atom. The van der Waals surface area contributed by atoms with E-state index in [0.717, 1.165) is 32.5 Å². The first-order valence-corrected chi connectivity index (χ1v) is 7.66. The molecule has 1 fully saturated rings. The van der Waals surface area contributed by atoms with Crippen LogP contribution in [0.5, 0.6) is 0 Å². The van der Waals surface area contributed by atoms with Gasteiger partial charge in [-0.15, -0.1) is 0 Å². The van der Waals surface area contributed by atoms with E-state index in [2.05, 4.69) is 29.2 Å². The summed E-state index contributed by atoms with van der Waals surface area (Å²) in [6.07, 6.45) is 1.14. The van der Waals surface area contributed by atoms with Crippen molar-refractivity contribution in [2.45, 2.75) is 45.2 Å². The van der Waals surface area contributed by atoms with Crippen molar-refractivity contribution in [3.05, 3.63) is 35.9 Å². The summed E-state index contributed by atoms with van der Waals surface area (Å²) >= 11 is 0. The maximum absolute atomic E-state index is 11.5. The second-order valence-corrected chi connectivity index (χ2v) is 6.80. The number of nitrogens with zero attached hydrogens (tertiary/aromatic N) is 2. The smallest absolute Gasteiger partial charge is 0.408 e. The zero-order valence-electron chi connectivity index (χ0n) is 13.2. The van der Waals surface area contributed by atoms with Gasteiger partial charge in [0.05, 0.1) is 0 Å². The number of carboxylic acid groups (broad SMARTS) is 1. The normalized spacial score (nSPS) is 19.7. The van der Waals surface area contributed by atoms with Crippen LogP contribution in [0.1, 0.15) is 32.8 Å². The molecule has 1 aromatic rings. The average molecular weight is 290 g/mol. The number of rotatable bonds is 4. The largest absolute Gasteiger partial charge is 0.465 e. The zero-order valence-corrected chi connectivity index (χ0v) is 13.2. The number of likely N-dealkylation sites (tertiary alicyclic amines) is 1. The Morgan fingerprint density at radius 2 is 2.00 bits per heavy atom. The molecule has 1 heterocycles. The quantitative estimate of drug-likeness (QED) is 0.926. The minimum absolute atomic E-state index is 0.110. The van der Waals surface area contributed by atoms with Crippen LogP contribution in [0.2, 0.25) is 0 Å². The van der Waals surface area contributed by atoms with E-state index in [9.17, 15) is 9.90 Å². The van der Waals surface area contributed by atoms with Crippen LogP contribution in [0, 0.1) is 0 Å². The lowest BCUT2D eigenvalue weighted by Crippen LogP contribution is -2.52. The van der Waals surface area contributed by atoms with Crippen LogP contribution in [-0.4, -0.2) is 52.2 Å². The molecule has 1 amide bonds. The van der Waals surface area contributed by atoms with Gasteiger partial charge < -0.3 is 10.0 Å². The van der Waals surface area contributed by atoms with Gasteiger partial charge in [0.2, 0.25) is 0 Å². The fourth-order valence-electron chi connectivity index (χ4n) is 3.15. The van der Waals surface area contributed by atoms with E-state index in [4.69, 9.17) is 0 Å². The minimum atomic E-state index is -0.808. The monoisotopic (exact) mass is 290 g/mol. The Bertz CT molecular complexity index is 467. The molecule has 2 rings (SSSR count). The molecule has 4 heteroatoms. The van der Waals surface area contributed by atoms with Crippen molar-refractivity contribution >= 4 is 6.09 Å². The van der Waals surface area contributed by atoms with Crippen molar-refractivity contribution in [3.63, 3.8) is 0 Å². The molecule has 0 spiro atoms. The molecule has 0 radical (unpaired) electrons. The SMILES string of the molecule is CC(C)(C)N(C(=O)O)[C@@H]1CCN(CCc2ccccc2)C1. The van der Waals surface area contributed by atoms with Crippen molar-refractivity contribution in [1.82, 2.24) is 9.80 Å². The van der Waals surface area contributed by atoms with Crippen LogP contribution in [0.3, 0.4) is 0 Å². The predicted molar refractivity (Wildman–Crippen MR) is 84.6 cm³/mol. The predicted octanol–water partition coefficient (Wildman–Crippen LogP) is 3.08. The summed E-state index contributed by atoms with van der Waals surface area (Å²) in [4.78, 5) is 15.5. The van der Waals surface area contributed by atoms with Gasteiger partial charge in [-0.25, -0.2) is 4.79 Å². The maximum atomic E-state index is 11.5. The molecule has 1 aliphatic rings. The molecule has 0 saturated carbocycles. The molecule has 1 aliphatic heterocycles. The van der Waals surface area contributed by atoms with Gasteiger partial charge in [0, 0.05) is 31.2 Å². The summed E-state index contributed by atoms with van der Waals surface area (Å²) in [5, 5.41) is 9.47. The van der Waals surface area contributed by atoms with E-state index in [1.54, 1.807) is 4.90 Å². The van der Waals surface area contributed by atoms with Gasteiger partial charge in [-0.2, -0.15) is 0 Å². The van der Waals surface area contributed by atoms with Crippen molar-refractivity contribution in [2.75, 3.05) is 19.6 Å². The van der Waals surface area contributed by atoms with E-state index in [1.807, 2.05) is 26.8 Å². The summed E-state index contributed by atoms with van der Waals surface area (Å²) in [7, 11) is 0. The first kappa shape index (κ1) is 15.8. The molecule has 4 nitrogen and oxygen atoms in total. The van der Waals surface area contributed by atoms with Gasteiger partial charge in [-0.05, 0) is 39.2 Å². The highest BCUT2D eigenvalue weighted by Crippen LogP contribution is 2.24. The highest BCUT2D eigenvalue weighted by molar-refractivity contribution is 5.66. The van der Waals surface area contributed by atoms with Gasteiger partial charge in [0.15, 0.2) is 0 Å². The van der Waals surface area contributed by atoms with Gasteiger partial charge in [0.1, 0.15) is 0 Å². The van der Waals surface area contributed by atoms with E-state index in [-0.39, 0.29) is 11.6 Å². The Kier molecular flexibility index (Phi) is 4.88. The minimum Gasteiger partial charge on any atom is -0.465 e. The molecular weight excluding hydrogens is 264 g/mol. The first-order valence-electron chi connectivity index (χ1n) is 7.66. The van der Waals surface area contributed by atoms with Crippen LogP contribution in [0.4, 0.5) is 4.79 Å². The summed E-state index contributed by atoms with van der Waals surface area (Å²) in [6, 6.07) is 10.6. The van der Waals surface area contributed by atoms with Crippen molar-refractivity contribution in [2.24, 2.45) is 0 Å². The second kappa shape index (κ2) is 6.48. The fraction of sp³-hybridized carbons (Fsp3) is 0.588. The van der Waals surface area contributed by atoms with Crippen LogP contribution in [-0.2, 0) is 6.42 Å². The number of carbonyl (C=O) groups is 1. The van der Waals surface area contributed by atoms with E-state index in [1.165, 1.54) is 5.56 Å². The maximum Gasteiger partial charge on any atom is 0.408 e. The van der Waals surface area contributed by atoms with Gasteiger partial charge in [-0.3, -0.25) is 4.90 Å². The zero-order chi connectivity index (χ0) is 15.5. The average Bonchev–Trinajstić information content (AvgIpc) is 2.84. The topological polar surface area (TPSA) is 43.8 Å². The molecule has 0 unspecified atom stereocenters. The summed E-state index contributed by atoms with van der Waals surface area (Å²) < 4.78 is 0. The number of hydrogen-bond acceptors (Lipinski definition) is 2. The third-order valence-electron chi connectivity index (χ3n) is 4.10. The molecule has 21 heavy (non-hydrogen) atoms. The highest BCUT2D eigenvalue weighted by Gasteiger charge is 2.36. The molecule has 0 aromatic heterocycles. The lowest BCUT2D eigenvalue weighted by molar-refractivity contribution is 0.0722. The van der Waals surface area contributed by atoms with Gasteiger partial charge in [0.25, 0.3) is 0 Å². The third kappa shape index (κ3) is 4.21. The van der Waals surface area contributed by atoms with Crippen molar-refractivity contribution < 1.29 is 9.90 Å². The number of hydrogen-bond donors (Lipinski definition) is 1. The first-order chi connectivity index (χ1) is 9.88. The Balaban J connectivity index is 1.89. The lowest BCUT2D eigenvalue weighted by Gasteiger charge is -2.38. The summed E-state index contributed by atoms with van der Waals surface area (Å²) in [5.74, 6) is 0. The fourth-order valence-corrected chi connectivity index (χ4v) is 3.15. The molecule has 116 valence electrons. The molecular formula is C17H26N2O2. The second-order valence-electron chi connectivity index (χ2n) is 6.80. The number of benzene rings is 1. The molecule has 1 N–H and O–H groups in total. The van der Waals surface area contributed by atoms with Gasteiger partial charge >= 0.3 is 6.09 Å². The Morgan fingerprint density at radius 1 is 1.33 bits per heavy atom. The van der Waals surface area contributed by atoms with E-state index in [0.29, 0.717) is 0 Å². The standard InChI is InChI=1S/C17H26N2O2/c1-17(2,3)19(16(20)21)15-10-12-18(13-15)11-9-14-7-5-4-6-8-14/h4-8,15H,9-13H2,1-3H3,(H,20,21)/t15-/m1/s1. The Labute approximate surface area is 127 Å². The van der Waals surface area contributed by atoms with Crippen molar-refractivity contribution in [1.29, 1.82) is 0 Å². The van der Waals surface area contributed by atoms with E-state index < -0.39 is 6.09 Å². The Hall–Kier alpha value is -1.55. The summed E-state index contributed by atoms with van der Waals surface area (Å²) in [6.45, 7) is 8.72. The van der Waals surface area contributed by atoms with Crippen molar-refractivity contribution in [3.8, 4) is 0 Å². The van der Waals surface area contributed by atoms with Gasteiger partial charge in [-0.1, -0.05) is 30.3 Å². The molecule has 0 bridgehead atoms. The number of amides is 1. The van der Waals surface area contributed by atoms with Crippen LogP contribution < -0.4 is 0 Å². The lowest BCUT2D eigenvalue weighted by atomic mass is 10.0. The van der Waals surface area contributed by atoms with Crippen LogP contribution in [0.15, 0.2) is 30.3 Å². The molecule has 0 aliphatic carbocycles. The third-order valence-corrected chi connectivity index (χ3v) is 4.10. The molecule has 1 aromatic carbocycles.